The first kappa shape index (κ1) is 21.5. The summed E-state index contributed by atoms with van der Waals surface area (Å²) in [5, 5.41) is 12.3. The third kappa shape index (κ3) is 5.31. The van der Waals surface area contributed by atoms with E-state index in [1.807, 2.05) is 30.0 Å². The zero-order chi connectivity index (χ0) is 22.3. The molecule has 2 aliphatic heterocycles. The smallest absolute Gasteiger partial charge is 0.267 e. The number of nitriles is 1. The minimum atomic E-state index is -0.417. The van der Waals surface area contributed by atoms with Gasteiger partial charge in [0, 0.05) is 44.6 Å². The van der Waals surface area contributed by atoms with E-state index in [1.165, 1.54) is 5.56 Å². The third-order valence-electron chi connectivity index (χ3n) is 5.35. The molecule has 0 radical (unpaired) electrons. The molecule has 1 amide bonds. The number of nitrogens with one attached hydrogen (secondary N) is 1. The van der Waals surface area contributed by atoms with Crippen LogP contribution in [0.4, 0.5) is 5.69 Å². The molecule has 0 aromatic heterocycles. The van der Waals surface area contributed by atoms with Gasteiger partial charge in [0.25, 0.3) is 5.91 Å². The predicted molar refractivity (Wildman–Crippen MR) is 119 cm³/mol. The molecule has 166 valence electrons. The quantitative estimate of drug-likeness (QED) is 0.530. The number of benzene rings is 2. The summed E-state index contributed by atoms with van der Waals surface area (Å²) in [5.74, 6) is 1.90. The van der Waals surface area contributed by atoms with Gasteiger partial charge in [0.1, 0.15) is 17.4 Å². The van der Waals surface area contributed by atoms with Gasteiger partial charge in [0.05, 0.1) is 6.61 Å². The van der Waals surface area contributed by atoms with Crippen LogP contribution in [-0.2, 0) is 11.3 Å². The molecule has 1 N–H and O–H groups in total. The van der Waals surface area contributed by atoms with Crippen molar-refractivity contribution in [3.8, 4) is 23.3 Å². The monoisotopic (exact) mass is 434 g/mol. The third-order valence-corrected chi connectivity index (χ3v) is 5.35. The Bertz CT molecular complexity index is 1020. The maximum absolute atomic E-state index is 12.5. The highest BCUT2D eigenvalue weighted by atomic mass is 16.7. The summed E-state index contributed by atoms with van der Waals surface area (Å²) in [6, 6.07) is 15.1. The lowest BCUT2D eigenvalue weighted by atomic mass is 10.1. The standard InChI is InChI=1S/C24H26N4O4/c1-2-30-21-6-4-20(5-7-21)26-24(29)19(14-25)16-28-11-9-27(10-12-28)15-18-3-8-22-23(13-18)32-17-31-22/h3-8,13,16H,2,9-12,15,17H2,1H3,(H,26,29)/b19-16-. The molecular weight excluding hydrogens is 408 g/mol. The van der Waals surface area contributed by atoms with Crippen molar-refractivity contribution in [2.45, 2.75) is 13.5 Å². The van der Waals surface area contributed by atoms with Crippen LogP contribution in [0.1, 0.15) is 12.5 Å². The van der Waals surface area contributed by atoms with Gasteiger partial charge in [-0.05, 0) is 48.9 Å². The van der Waals surface area contributed by atoms with E-state index in [-0.39, 0.29) is 12.4 Å². The van der Waals surface area contributed by atoms with E-state index in [4.69, 9.17) is 14.2 Å². The van der Waals surface area contributed by atoms with Crippen LogP contribution < -0.4 is 19.5 Å². The molecule has 2 aromatic rings. The van der Waals surface area contributed by atoms with E-state index < -0.39 is 5.91 Å². The zero-order valence-corrected chi connectivity index (χ0v) is 18.0. The average Bonchev–Trinajstić information content (AvgIpc) is 3.28. The van der Waals surface area contributed by atoms with E-state index in [9.17, 15) is 10.1 Å². The van der Waals surface area contributed by atoms with Crippen molar-refractivity contribution in [1.29, 1.82) is 5.26 Å². The molecular formula is C24H26N4O4. The number of rotatable bonds is 7. The van der Waals surface area contributed by atoms with Crippen molar-refractivity contribution in [3.63, 3.8) is 0 Å². The summed E-state index contributed by atoms with van der Waals surface area (Å²) in [7, 11) is 0. The molecule has 0 saturated carbocycles. The molecule has 32 heavy (non-hydrogen) atoms. The average molecular weight is 434 g/mol. The Kier molecular flexibility index (Phi) is 6.78. The van der Waals surface area contributed by atoms with Gasteiger partial charge < -0.3 is 24.4 Å². The van der Waals surface area contributed by atoms with Crippen LogP contribution >= 0.6 is 0 Å². The number of amides is 1. The number of fused-ring (bicyclic) bond motifs is 1. The van der Waals surface area contributed by atoms with E-state index in [1.54, 1.807) is 30.5 Å². The normalized spacial score (nSPS) is 15.9. The Morgan fingerprint density at radius 2 is 1.88 bits per heavy atom. The van der Waals surface area contributed by atoms with Crippen molar-refractivity contribution in [2.24, 2.45) is 0 Å². The van der Waals surface area contributed by atoms with Crippen LogP contribution in [-0.4, -0.2) is 55.3 Å². The first-order valence-corrected chi connectivity index (χ1v) is 10.7. The molecule has 4 rings (SSSR count). The lowest BCUT2D eigenvalue weighted by molar-refractivity contribution is -0.112. The number of piperazine rings is 1. The van der Waals surface area contributed by atoms with Gasteiger partial charge in [-0.1, -0.05) is 6.07 Å². The molecule has 0 aliphatic carbocycles. The molecule has 1 fully saturated rings. The van der Waals surface area contributed by atoms with Crippen LogP contribution in [0.5, 0.6) is 17.2 Å². The first-order valence-electron chi connectivity index (χ1n) is 10.7. The second kappa shape index (κ2) is 10.1. The largest absolute Gasteiger partial charge is 0.494 e. The molecule has 1 saturated heterocycles. The predicted octanol–water partition coefficient (Wildman–Crippen LogP) is 2.98. The number of nitrogens with zero attached hydrogens (tertiary/aromatic N) is 3. The molecule has 2 heterocycles. The summed E-state index contributed by atoms with van der Waals surface area (Å²) in [6.07, 6.45) is 1.65. The molecule has 8 nitrogen and oxygen atoms in total. The number of hydrogen-bond donors (Lipinski definition) is 1. The number of anilines is 1. The number of carbonyl (C=O) groups excluding carboxylic acids is 1. The first-order chi connectivity index (χ1) is 15.6. The van der Waals surface area contributed by atoms with Crippen LogP contribution in [0.25, 0.3) is 0 Å². The second-order valence-corrected chi connectivity index (χ2v) is 7.57. The van der Waals surface area contributed by atoms with Gasteiger partial charge >= 0.3 is 0 Å². The van der Waals surface area contributed by atoms with Crippen molar-refractivity contribution in [3.05, 3.63) is 59.8 Å². The summed E-state index contributed by atoms with van der Waals surface area (Å²) in [5.41, 5.74) is 1.88. The highest BCUT2D eigenvalue weighted by molar-refractivity contribution is 6.06. The van der Waals surface area contributed by atoms with Crippen LogP contribution in [0.3, 0.4) is 0 Å². The highest BCUT2D eigenvalue weighted by Crippen LogP contribution is 2.32. The van der Waals surface area contributed by atoms with Gasteiger partial charge in [-0.3, -0.25) is 9.69 Å². The topological polar surface area (TPSA) is 87.1 Å². The molecule has 2 aromatic carbocycles. The highest BCUT2D eigenvalue weighted by Gasteiger charge is 2.19. The fourth-order valence-corrected chi connectivity index (χ4v) is 3.67. The van der Waals surface area contributed by atoms with E-state index in [0.717, 1.165) is 50.0 Å². The van der Waals surface area contributed by atoms with Crippen molar-refractivity contribution in [2.75, 3.05) is 44.9 Å². The summed E-state index contributed by atoms with van der Waals surface area (Å²) in [6.45, 7) is 6.75. The van der Waals surface area contributed by atoms with E-state index in [0.29, 0.717) is 12.3 Å². The summed E-state index contributed by atoms with van der Waals surface area (Å²) < 4.78 is 16.2. The minimum Gasteiger partial charge on any atom is -0.494 e. The molecule has 2 aliphatic rings. The SMILES string of the molecule is CCOc1ccc(NC(=O)/C(C#N)=C\N2CCN(Cc3ccc4c(c3)OCO4)CC2)cc1. The zero-order valence-electron chi connectivity index (χ0n) is 18.0. The maximum Gasteiger partial charge on any atom is 0.267 e. The Balaban J connectivity index is 1.29. The van der Waals surface area contributed by atoms with Crippen molar-refractivity contribution in [1.82, 2.24) is 9.80 Å². The van der Waals surface area contributed by atoms with Gasteiger partial charge in [-0.25, -0.2) is 0 Å². The number of carbonyl (C=O) groups is 1. The van der Waals surface area contributed by atoms with Crippen LogP contribution in [0.15, 0.2) is 54.2 Å². The number of ether oxygens (including phenoxy) is 3. The van der Waals surface area contributed by atoms with E-state index in [2.05, 4.69) is 16.3 Å². The van der Waals surface area contributed by atoms with Gasteiger partial charge in [0.2, 0.25) is 6.79 Å². The Morgan fingerprint density at radius 3 is 2.59 bits per heavy atom. The molecule has 0 spiro atoms. The van der Waals surface area contributed by atoms with Crippen molar-refractivity contribution < 1.29 is 19.0 Å². The molecule has 0 unspecified atom stereocenters. The maximum atomic E-state index is 12.5. The molecule has 0 bridgehead atoms. The fourth-order valence-electron chi connectivity index (χ4n) is 3.67. The summed E-state index contributed by atoms with van der Waals surface area (Å²) in [4.78, 5) is 16.9. The minimum absolute atomic E-state index is 0.0862. The lowest BCUT2D eigenvalue weighted by Crippen LogP contribution is -2.43. The summed E-state index contributed by atoms with van der Waals surface area (Å²) >= 11 is 0. The van der Waals surface area contributed by atoms with Crippen LogP contribution in [0, 0.1) is 11.3 Å². The Labute approximate surface area is 187 Å². The lowest BCUT2D eigenvalue weighted by Gasteiger charge is -2.34. The van der Waals surface area contributed by atoms with Crippen molar-refractivity contribution >= 4 is 11.6 Å². The Morgan fingerprint density at radius 1 is 1.12 bits per heavy atom. The molecule has 0 atom stereocenters. The van der Waals surface area contributed by atoms with E-state index >= 15 is 0 Å². The van der Waals surface area contributed by atoms with Gasteiger partial charge in [0.15, 0.2) is 11.5 Å². The Hall–Kier alpha value is -3.70. The van der Waals surface area contributed by atoms with Gasteiger partial charge in [-0.15, -0.1) is 0 Å². The number of hydrogen-bond acceptors (Lipinski definition) is 7. The fraction of sp³-hybridized carbons (Fsp3) is 0.333. The van der Waals surface area contributed by atoms with Crippen LogP contribution in [0.2, 0.25) is 0 Å². The van der Waals surface area contributed by atoms with Gasteiger partial charge in [-0.2, -0.15) is 5.26 Å². The molecule has 8 heteroatoms. The second-order valence-electron chi connectivity index (χ2n) is 7.57.